The van der Waals surface area contributed by atoms with Crippen LogP contribution in [0.4, 0.5) is 0 Å². The summed E-state index contributed by atoms with van der Waals surface area (Å²) in [5, 5.41) is 4.97. The van der Waals surface area contributed by atoms with Crippen LogP contribution in [-0.2, 0) is 0 Å². The second kappa shape index (κ2) is 10.2. The third-order valence-electron chi connectivity index (χ3n) is 10.8. The van der Waals surface area contributed by atoms with Gasteiger partial charge in [-0.05, 0) is 49.9 Å². The Kier molecular flexibility index (Phi) is 6.41. The molecular weight excluding hydrogens is 666 g/mol. The first-order valence-corrected chi connectivity index (χ1v) is 17.4. The molecule has 232 valence electrons. The van der Waals surface area contributed by atoms with Gasteiger partial charge in [0.1, 0.15) is 0 Å². The van der Waals surface area contributed by atoms with Gasteiger partial charge in [0.05, 0.1) is 22.3 Å². The normalized spacial score (nSPS) is 19.7. The minimum atomic E-state index is -0.377. The van der Waals surface area contributed by atoms with Gasteiger partial charge in [0.2, 0.25) is 0 Å². The van der Waals surface area contributed by atoms with E-state index in [9.17, 15) is 19.2 Å². The number of fused-ring (bicyclic) bond motifs is 2. The molecule has 10 heteroatoms. The van der Waals surface area contributed by atoms with Crippen LogP contribution >= 0.6 is 46.4 Å². The Labute approximate surface area is 283 Å². The van der Waals surface area contributed by atoms with E-state index in [1.165, 1.54) is 9.80 Å². The highest BCUT2D eigenvalue weighted by atomic mass is 35.5. The number of hydrogen-bond acceptors (Lipinski definition) is 4. The zero-order valence-corrected chi connectivity index (χ0v) is 27.6. The monoisotopic (exact) mass is 690 g/mol. The van der Waals surface area contributed by atoms with E-state index < -0.39 is 0 Å². The summed E-state index contributed by atoms with van der Waals surface area (Å²) in [7, 11) is 0. The molecule has 0 bridgehead atoms. The van der Waals surface area contributed by atoms with Crippen molar-refractivity contribution in [1.82, 2.24) is 9.80 Å². The molecular formula is C36H26Cl4N2O4. The lowest BCUT2D eigenvalue weighted by Crippen LogP contribution is -2.48. The van der Waals surface area contributed by atoms with Crippen molar-refractivity contribution in [2.75, 3.05) is 0 Å². The van der Waals surface area contributed by atoms with Gasteiger partial charge in [0, 0.05) is 75.3 Å². The van der Waals surface area contributed by atoms with E-state index in [0.29, 0.717) is 65.3 Å². The molecule has 2 aliphatic heterocycles. The lowest BCUT2D eigenvalue weighted by Gasteiger charge is -2.37. The van der Waals surface area contributed by atoms with Gasteiger partial charge < -0.3 is 0 Å². The van der Waals surface area contributed by atoms with Crippen molar-refractivity contribution in [3.63, 3.8) is 0 Å². The van der Waals surface area contributed by atoms with Gasteiger partial charge >= 0.3 is 0 Å². The summed E-state index contributed by atoms with van der Waals surface area (Å²) in [4.78, 5) is 59.2. The lowest BCUT2D eigenvalue weighted by molar-refractivity contribution is 0.0487. The lowest BCUT2D eigenvalue weighted by atomic mass is 9.81. The van der Waals surface area contributed by atoms with Crippen LogP contribution in [-0.4, -0.2) is 45.5 Å². The van der Waals surface area contributed by atoms with Crippen LogP contribution in [0.1, 0.15) is 106 Å². The number of rotatable bonds is 2. The second-order valence-corrected chi connectivity index (χ2v) is 14.8. The highest BCUT2D eigenvalue weighted by Gasteiger charge is 2.42. The van der Waals surface area contributed by atoms with Crippen molar-refractivity contribution >= 4 is 113 Å². The fourth-order valence-electron chi connectivity index (χ4n) is 8.84. The first kappa shape index (κ1) is 29.0. The largest absolute Gasteiger partial charge is 0.271 e. The summed E-state index contributed by atoms with van der Waals surface area (Å²) in [6.07, 6.45) is 9.00. The molecule has 5 aromatic carbocycles. The molecule has 2 saturated carbocycles. The molecule has 5 aromatic rings. The number of carbonyl (C=O) groups is 4. The Bertz CT molecular complexity index is 1980. The maximum atomic E-state index is 14.1. The van der Waals surface area contributed by atoms with Crippen LogP contribution in [0.5, 0.6) is 0 Å². The van der Waals surface area contributed by atoms with E-state index in [1.807, 2.05) is 0 Å². The smallest absolute Gasteiger partial charge is 0.261 e. The molecule has 9 rings (SSSR count). The predicted molar refractivity (Wildman–Crippen MR) is 182 cm³/mol. The molecule has 0 saturated heterocycles. The van der Waals surface area contributed by atoms with Gasteiger partial charge in [0.15, 0.2) is 0 Å². The summed E-state index contributed by atoms with van der Waals surface area (Å²) in [5.74, 6) is -1.51. The summed E-state index contributed by atoms with van der Waals surface area (Å²) >= 11 is 28.4. The third-order valence-corrected chi connectivity index (χ3v) is 12.0. The van der Waals surface area contributed by atoms with Crippen molar-refractivity contribution in [3.05, 3.63) is 66.6 Å². The topological polar surface area (TPSA) is 74.8 Å². The molecule has 6 nitrogen and oxygen atoms in total. The maximum Gasteiger partial charge on any atom is 0.261 e. The Morgan fingerprint density at radius 3 is 0.913 bits per heavy atom. The number of hydrogen-bond donors (Lipinski definition) is 0. The molecule has 46 heavy (non-hydrogen) atoms. The SMILES string of the molecule is O=C1c2cc(Cl)c3c4c(Cl)cc5c6c(cc(Cl)c(c7c(Cl)cc(c2c37)C(=O)N1C1CCCCC1)c64)C(=O)N(C1CCCCC1)C5=O. The molecule has 0 radical (unpaired) electrons. The third kappa shape index (κ3) is 3.67. The molecule has 4 aliphatic rings. The first-order chi connectivity index (χ1) is 22.2. The van der Waals surface area contributed by atoms with Crippen molar-refractivity contribution < 1.29 is 19.2 Å². The summed E-state index contributed by atoms with van der Waals surface area (Å²) in [5.41, 5.74) is 1.32. The van der Waals surface area contributed by atoms with Crippen LogP contribution < -0.4 is 0 Å². The van der Waals surface area contributed by atoms with Crippen LogP contribution in [0.15, 0.2) is 24.3 Å². The molecule has 0 atom stereocenters. The van der Waals surface area contributed by atoms with E-state index in [0.717, 1.165) is 64.2 Å². The van der Waals surface area contributed by atoms with Gasteiger partial charge in [-0.1, -0.05) is 84.9 Å². The van der Waals surface area contributed by atoms with Crippen molar-refractivity contribution in [1.29, 1.82) is 0 Å². The summed E-state index contributed by atoms with van der Waals surface area (Å²) < 4.78 is 0. The molecule has 0 unspecified atom stereocenters. The van der Waals surface area contributed by atoms with Crippen molar-refractivity contribution in [3.8, 4) is 0 Å². The predicted octanol–water partition coefficient (Wildman–Crippen LogP) is 10.2. The van der Waals surface area contributed by atoms with Crippen molar-refractivity contribution in [2.45, 2.75) is 76.3 Å². The summed E-state index contributed by atoms with van der Waals surface area (Å²) in [6, 6.07) is 6.08. The Hall–Kier alpha value is -3.16. The van der Waals surface area contributed by atoms with Gasteiger partial charge in [-0.25, -0.2) is 0 Å². The van der Waals surface area contributed by atoms with Crippen LogP contribution in [0.3, 0.4) is 0 Å². The number of nitrogens with zero attached hydrogens (tertiary/aromatic N) is 2. The zero-order chi connectivity index (χ0) is 31.8. The van der Waals surface area contributed by atoms with E-state index in [1.54, 1.807) is 24.3 Å². The van der Waals surface area contributed by atoms with Gasteiger partial charge in [-0.2, -0.15) is 0 Å². The molecule has 4 amide bonds. The average Bonchev–Trinajstić information content (AvgIpc) is 3.05. The minimum Gasteiger partial charge on any atom is -0.271 e. The molecule has 2 aliphatic carbocycles. The Morgan fingerprint density at radius 1 is 0.391 bits per heavy atom. The van der Waals surface area contributed by atoms with E-state index >= 15 is 0 Å². The fraction of sp³-hybridized carbons (Fsp3) is 0.333. The van der Waals surface area contributed by atoms with E-state index in [4.69, 9.17) is 46.4 Å². The zero-order valence-electron chi connectivity index (χ0n) is 24.6. The molecule has 2 heterocycles. The molecule has 0 aromatic heterocycles. The number of imide groups is 2. The highest BCUT2D eigenvalue weighted by Crippen LogP contribution is 2.54. The quantitative estimate of drug-likeness (QED) is 0.105. The molecule has 0 N–H and O–H groups in total. The van der Waals surface area contributed by atoms with Gasteiger partial charge in [-0.3, -0.25) is 29.0 Å². The van der Waals surface area contributed by atoms with Gasteiger partial charge in [-0.15, -0.1) is 0 Å². The molecule has 2 fully saturated rings. The number of benzene rings is 5. The van der Waals surface area contributed by atoms with Crippen molar-refractivity contribution in [2.24, 2.45) is 0 Å². The Morgan fingerprint density at radius 2 is 0.652 bits per heavy atom. The number of halogens is 4. The Balaban J connectivity index is 1.39. The van der Waals surface area contributed by atoms with Crippen LogP contribution in [0.25, 0.3) is 43.1 Å². The van der Waals surface area contributed by atoms with Crippen LogP contribution in [0.2, 0.25) is 20.1 Å². The van der Waals surface area contributed by atoms with E-state index in [2.05, 4.69) is 0 Å². The number of amides is 4. The van der Waals surface area contributed by atoms with E-state index in [-0.39, 0.29) is 55.8 Å². The average molecular weight is 692 g/mol. The van der Waals surface area contributed by atoms with Gasteiger partial charge in [0.25, 0.3) is 23.6 Å². The summed E-state index contributed by atoms with van der Waals surface area (Å²) in [6.45, 7) is 0. The molecule has 0 spiro atoms. The number of carbonyl (C=O) groups excluding carboxylic acids is 4. The second-order valence-electron chi connectivity index (χ2n) is 13.2. The maximum absolute atomic E-state index is 14.1. The van der Waals surface area contributed by atoms with Crippen LogP contribution in [0, 0.1) is 0 Å². The highest BCUT2D eigenvalue weighted by molar-refractivity contribution is 6.56. The first-order valence-electron chi connectivity index (χ1n) is 15.9. The standard InChI is InChI=1S/C36H26Cl4N2O4/c37-21-11-17-25-18(34(44)41(33(17)43)15-7-3-1-4-8-15)12-22(38)28-30-24(40)14-20-26-19(13-23(39)29(32(26)30)27(21)31(25)28)35(45)42(36(20)46)16-9-5-2-6-10-16/h11-16H,1-10H2. The minimum absolute atomic E-state index is 0.189. The fourth-order valence-corrected chi connectivity index (χ4v) is 10.0.